The topological polar surface area (TPSA) is 170 Å². The van der Waals surface area contributed by atoms with E-state index in [2.05, 4.69) is 293 Å². The third kappa shape index (κ3) is 13.9. The van der Waals surface area contributed by atoms with Crippen molar-refractivity contribution in [3.8, 4) is 102 Å². The maximum atomic E-state index is 7.47. The molecule has 0 aliphatic rings. The van der Waals surface area contributed by atoms with Crippen molar-refractivity contribution in [3.05, 3.63) is 266 Å². The van der Waals surface area contributed by atoms with E-state index in [4.69, 9.17) is 39.9 Å². The number of hydrogen-bond acceptors (Lipinski definition) is 10. The summed E-state index contributed by atoms with van der Waals surface area (Å²) in [6.07, 6.45) is 0. The van der Waals surface area contributed by atoms with E-state index < -0.39 is 20.7 Å². The summed E-state index contributed by atoms with van der Waals surface area (Å²) < 4.78 is 22.0. The van der Waals surface area contributed by atoms with Crippen LogP contribution in [0.4, 0.5) is 0 Å². The van der Waals surface area contributed by atoms with Crippen LogP contribution in [-0.4, -0.2) is 61.9 Å². The smallest absolute Gasteiger partial charge is 0.197 e. The van der Waals surface area contributed by atoms with E-state index in [9.17, 15) is 0 Å². The molecular weight excluding hydrogens is 1320 g/mol. The van der Waals surface area contributed by atoms with Crippen LogP contribution in [0.3, 0.4) is 0 Å². The molecule has 0 amide bonds. The van der Waals surface area contributed by atoms with Crippen molar-refractivity contribution >= 4 is 21.6 Å². The van der Waals surface area contributed by atoms with Gasteiger partial charge in [0.25, 0.3) is 0 Å². The van der Waals surface area contributed by atoms with Crippen LogP contribution in [0, 0.1) is 22.7 Å². The summed E-state index contributed by atoms with van der Waals surface area (Å²) in [7, 11) is 15.5. The summed E-state index contributed by atoms with van der Waals surface area (Å²) in [6.45, 7) is 11.9. The van der Waals surface area contributed by atoms with Gasteiger partial charge in [0.1, 0.15) is 0 Å². The summed E-state index contributed by atoms with van der Waals surface area (Å²) >= 11 is 0. The zero-order valence-electron chi connectivity index (χ0n) is 56.2. The third-order valence-electron chi connectivity index (χ3n) is 16.8. The first kappa shape index (κ1) is 73.8. The first-order valence-corrected chi connectivity index (χ1v) is 32.5. The van der Waals surface area contributed by atoms with Crippen LogP contribution < -0.4 is 0 Å². The van der Waals surface area contributed by atoms with Gasteiger partial charge in [0.05, 0.1) is 67.2 Å². The number of aromatic nitrogens is 8. The molecule has 0 bridgehead atoms. The zero-order valence-corrected chi connectivity index (χ0v) is 63.8. The number of hydrogen-bond donors (Lipinski definition) is 0. The Morgan fingerprint density at radius 3 is 0.611 bits per heavy atom. The van der Waals surface area contributed by atoms with Gasteiger partial charge in [-0.1, -0.05) is 264 Å². The molecule has 0 radical (unpaired) electrons. The largest absolute Gasteiger partial charge is 0.457 e. The van der Waals surface area contributed by atoms with Gasteiger partial charge in [-0.15, -0.1) is 0 Å². The quantitative estimate of drug-likeness (QED) is 0.0431. The molecule has 4 aromatic heterocycles. The molecule has 0 aliphatic heterocycles. The van der Waals surface area contributed by atoms with E-state index in [-0.39, 0.29) is 44.4 Å². The number of ether oxygens (including phenoxy) is 2. The minimum Gasteiger partial charge on any atom is -0.457 e. The molecule has 4 heterocycles. The second-order valence-electron chi connectivity index (χ2n) is 23.1. The fourth-order valence-electron chi connectivity index (χ4n) is 12.6. The molecule has 95 heavy (non-hydrogen) atoms. The normalized spacial score (nSPS) is 11.3. The standard InChI is InChI=1S/C74H70N8O2S2.2C2H3N.H2O.2Zn/c1-71(2,73(83-9,67-75-59(51-35-19-11-20-36-51)63(79(67)5)55-43-27-15-28-44-55)68-76-60(52-37-21-12-22-38-52)64(80(68)6)56-45-29-16-30-46-56)85-86-72(3,4)74(84-10,69-77-61(53-39-23-13-24-40-53)65(81(69)7)57-47-31-17-32-48-57)70-78-62(54-41-25-14-26-42-54)66(82(70)8)58-49-33-18-34-50-58;2*1-2-3;;;/h11-50H,1-10H3;2*1H3;1H2;;/p+1. The fourth-order valence-corrected chi connectivity index (χ4v) is 15.7. The van der Waals surface area contributed by atoms with Gasteiger partial charge in [-0.05, 0) is 27.7 Å². The number of benzene rings is 8. The Labute approximate surface area is 592 Å². The second kappa shape index (κ2) is 32.2. The minimum atomic E-state index is -1.39. The molecule has 3 N–H and O–H groups in total. The fraction of sp³-hybridized carbons (Fsp3) is 0.205. The van der Waals surface area contributed by atoms with Crippen molar-refractivity contribution in [2.24, 2.45) is 28.2 Å². The molecule has 12 rings (SSSR count). The average molecular weight is 1400 g/mol. The van der Waals surface area contributed by atoms with E-state index in [0.717, 1.165) is 90.1 Å². The van der Waals surface area contributed by atoms with Crippen molar-refractivity contribution in [1.82, 2.24) is 38.2 Å². The second-order valence-corrected chi connectivity index (χ2v) is 26.5. The maximum Gasteiger partial charge on any atom is 0.197 e. The summed E-state index contributed by atoms with van der Waals surface area (Å²) in [4.78, 5) is 23.4. The molecule has 0 saturated heterocycles. The molecule has 17 heteroatoms. The molecule has 13 nitrogen and oxygen atoms in total. The Morgan fingerprint density at radius 2 is 0.463 bits per heavy atom. The van der Waals surface area contributed by atoms with E-state index in [0.29, 0.717) is 23.3 Å². The minimum absolute atomic E-state index is 0. The molecule has 0 atom stereocenters. The molecule has 0 saturated carbocycles. The van der Waals surface area contributed by atoms with Crippen LogP contribution in [0.5, 0.6) is 0 Å². The summed E-state index contributed by atoms with van der Waals surface area (Å²) in [6, 6.07) is 87.4. The number of methoxy groups -OCH3 is 2. The monoisotopic (exact) mass is 1400 g/mol. The number of rotatable bonds is 19. The summed E-state index contributed by atoms with van der Waals surface area (Å²) in [5.41, 5.74) is 12.4. The van der Waals surface area contributed by atoms with E-state index in [1.54, 1.807) is 33.7 Å². The predicted molar refractivity (Wildman–Crippen MR) is 383 cm³/mol. The van der Waals surface area contributed by atoms with Gasteiger partial charge in [0, 0.05) is 140 Å². The van der Waals surface area contributed by atoms with E-state index in [1.807, 2.05) is 38.5 Å². The molecule has 0 fully saturated rings. The SMILES string of the molecule is CC#N.CC#N.COC(c1nc(-c2ccccc2)c(-c2ccccc2)n1C)(c1nc(-c2ccccc2)c(-c2ccccc2)n1C)C(C)(C)SSC(C)(C)C(OC)(c1nc(-c2ccccc2)c(-c2ccccc2)n1C)c1nc(-c2ccccc2)c(-c2ccccc2)n1C.[OH3+].[Zn].[Zn]. The maximum absolute atomic E-state index is 7.47. The van der Waals surface area contributed by atoms with Crippen molar-refractivity contribution in [2.45, 2.75) is 62.2 Å². The number of nitriles is 2. The van der Waals surface area contributed by atoms with Crippen LogP contribution >= 0.6 is 21.6 Å². The van der Waals surface area contributed by atoms with E-state index in [1.165, 1.54) is 13.8 Å². The molecule has 8 aromatic carbocycles. The van der Waals surface area contributed by atoms with E-state index >= 15 is 0 Å². The molecular formula is C78H79N10O3S2Zn2+. The van der Waals surface area contributed by atoms with Gasteiger partial charge in [-0.2, -0.15) is 10.5 Å². The first-order chi connectivity index (χ1) is 44.6. The van der Waals surface area contributed by atoms with Crippen LogP contribution in [0.25, 0.3) is 90.1 Å². The van der Waals surface area contributed by atoms with Crippen LogP contribution in [-0.2, 0) is 93.3 Å². The number of nitrogens with zero attached hydrogens (tertiary/aromatic N) is 10. The molecule has 0 spiro atoms. The van der Waals surface area contributed by atoms with Crippen molar-refractivity contribution in [2.75, 3.05) is 14.2 Å². The van der Waals surface area contributed by atoms with Gasteiger partial charge >= 0.3 is 0 Å². The number of imidazole rings is 4. The first-order valence-electron chi connectivity index (χ1n) is 30.4. The molecule has 12 aromatic rings. The molecule has 0 unspecified atom stereocenters. The summed E-state index contributed by atoms with van der Waals surface area (Å²) in [5.74, 6) is 2.75. The van der Waals surface area contributed by atoms with Crippen molar-refractivity contribution in [1.29, 1.82) is 10.5 Å². The zero-order chi connectivity index (χ0) is 65.2. The van der Waals surface area contributed by atoms with Crippen LogP contribution in [0.2, 0.25) is 0 Å². The van der Waals surface area contributed by atoms with Gasteiger partial charge in [0.15, 0.2) is 34.5 Å². The Kier molecular flexibility index (Phi) is 25.0. The Bertz CT molecular complexity index is 3970. The van der Waals surface area contributed by atoms with Crippen LogP contribution in [0.1, 0.15) is 64.8 Å². The average Bonchev–Trinajstić information content (AvgIpc) is 1.60. The third-order valence-corrected chi connectivity index (χ3v) is 21.0. The predicted octanol–water partition coefficient (Wildman–Crippen LogP) is 17.5. The van der Waals surface area contributed by atoms with Crippen molar-refractivity contribution < 1.29 is 53.9 Å². The van der Waals surface area contributed by atoms with Gasteiger partial charge < -0.3 is 33.2 Å². The Hall–Kier alpha value is -8.59. The van der Waals surface area contributed by atoms with Gasteiger partial charge in [-0.25, -0.2) is 19.9 Å². The molecule has 0 aliphatic carbocycles. The Morgan fingerprint density at radius 1 is 0.316 bits per heavy atom. The van der Waals surface area contributed by atoms with Gasteiger partial charge in [-0.3, -0.25) is 0 Å². The molecule has 474 valence electrons. The van der Waals surface area contributed by atoms with Gasteiger partial charge in [0.2, 0.25) is 0 Å². The summed E-state index contributed by atoms with van der Waals surface area (Å²) in [5, 5.41) is 14.6. The van der Waals surface area contributed by atoms with Crippen LogP contribution in [0.15, 0.2) is 243 Å². The van der Waals surface area contributed by atoms with Crippen molar-refractivity contribution in [3.63, 3.8) is 0 Å². The Balaban J connectivity index is 0.00000137.